The lowest BCUT2D eigenvalue weighted by molar-refractivity contribution is 0.0374. The predicted octanol–water partition coefficient (Wildman–Crippen LogP) is 5.55. The Kier molecular flexibility index (Phi) is 10.5. The average Bonchev–Trinajstić information content (AvgIpc) is 3.74. The molecule has 2 aliphatic heterocycles. The predicted molar refractivity (Wildman–Crippen MR) is 172 cm³/mol. The van der Waals surface area contributed by atoms with Crippen LogP contribution in [-0.4, -0.2) is 73.4 Å². The number of nitrogens with one attached hydrogen (secondary N) is 1. The van der Waals surface area contributed by atoms with Gasteiger partial charge in [0.25, 0.3) is 5.91 Å². The molecule has 230 valence electrons. The van der Waals surface area contributed by atoms with Crippen LogP contribution in [0.3, 0.4) is 0 Å². The maximum absolute atomic E-state index is 12.9. The van der Waals surface area contributed by atoms with E-state index in [1.807, 2.05) is 11.4 Å². The van der Waals surface area contributed by atoms with Crippen LogP contribution >= 0.6 is 11.3 Å². The maximum atomic E-state index is 12.9. The van der Waals surface area contributed by atoms with Gasteiger partial charge in [-0.25, -0.2) is 4.98 Å². The van der Waals surface area contributed by atoms with Gasteiger partial charge in [-0.2, -0.15) is 0 Å². The summed E-state index contributed by atoms with van der Waals surface area (Å²) in [7, 11) is 0. The third-order valence-electron chi connectivity index (χ3n) is 8.16. The highest BCUT2D eigenvalue weighted by Gasteiger charge is 2.20. The van der Waals surface area contributed by atoms with Gasteiger partial charge in [-0.1, -0.05) is 66.7 Å². The molecule has 0 bridgehead atoms. The molecule has 8 nitrogen and oxygen atoms in total. The molecule has 3 heterocycles. The van der Waals surface area contributed by atoms with Crippen LogP contribution in [0.4, 0.5) is 0 Å². The summed E-state index contributed by atoms with van der Waals surface area (Å²) in [5.74, 6) is 1.74. The number of aromatic nitrogens is 1. The Morgan fingerprint density at radius 1 is 0.932 bits per heavy atom. The van der Waals surface area contributed by atoms with E-state index in [1.165, 1.54) is 11.1 Å². The summed E-state index contributed by atoms with van der Waals surface area (Å²) in [5.41, 5.74) is 4.26. The Morgan fingerprint density at radius 2 is 1.66 bits per heavy atom. The van der Waals surface area contributed by atoms with Gasteiger partial charge in [-0.15, -0.1) is 11.3 Å². The molecule has 0 spiro atoms. The van der Waals surface area contributed by atoms with E-state index >= 15 is 0 Å². The Labute approximate surface area is 263 Å². The molecular weight excluding hydrogens is 572 g/mol. The molecule has 1 fully saturated rings. The highest BCUT2D eigenvalue weighted by Crippen LogP contribution is 2.33. The average molecular weight is 613 g/mol. The first-order valence-corrected chi connectivity index (χ1v) is 16.3. The van der Waals surface area contributed by atoms with E-state index in [1.54, 1.807) is 11.3 Å². The molecule has 6 rings (SSSR count). The third-order valence-corrected chi connectivity index (χ3v) is 9.00. The van der Waals surface area contributed by atoms with E-state index in [-0.39, 0.29) is 18.6 Å². The summed E-state index contributed by atoms with van der Waals surface area (Å²) >= 11 is 1.55. The normalized spacial score (nSPS) is 14.8. The van der Waals surface area contributed by atoms with Crippen LogP contribution in [0.15, 0.2) is 84.2 Å². The van der Waals surface area contributed by atoms with Gasteiger partial charge in [0.1, 0.15) is 10.7 Å². The summed E-state index contributed by atoms with van der Waals surface area (Å²) < 4.78 is 16.6. The minimum absolute atomic E-state index is 0.106. The zero-order valence-corrected chi connectivity index (χ0v) is 25.8. The molecule has 0 aliphatic carbocycles. The second-order valence-electron chi connectivity index (χ2n) is 11.3. The standard InChI is InChI=1S/C35H40N4O4S/c40-35(36-15-7-16-38-18-20-41-21-19-38)31-25-44-34(37-31)24-39(23-27-12-13-32-33(22-27)43-26-42-32)17-14-30(28-8-3-1-4-9-28)29-10-5-2-6-11-29/h1-6,8-13,22,25,30H,7,14-21,23-24,26H2,(H,36,40). The largest absolute Gasteiger partial charge is 0.454 e. The van der Waals surface area contributed by atoms with Crippen LogP contribution in [0, 0.1) is 0 Å². The summed E-state index contributed by atoms with van der Waals surface area (Å²) in [5, 5.41) is 5.86. The van der Waals surface area contributed by atoms with Crippen molar-refractivity contribution in [2.24, 2.45) is 0 Å². The fourth-order valence-electron chi connectivity index (χ4n) is 5.82. The van der Waals surface area contributed by atoms with Crippen molar-refractivity contribution < 1.29 is 19.0 Å². The number of thiazole rings is 1. The first kappa shape index (κ1) is 30.3. The number of fused-ring (bicyclic) bond motifs is 1. The van der Waals surface area contributed by atoms with E-state index in [9.17, 15) is 4.79 Å². The molecule has 0 radical (unpaired) electrons. The molecule has 0 unspecified atom stereocenters. The van der Waals surface area contributed by atoms with E-state index in [0.29, 0.717) is 18.8 Å². The minimum Gasteiger partial charge on any atom is -0.454 e. The van der Waals surface area contributed by atoms with Gasteiger partial charge in [0.2, 0.25) is 6.79 Å². The Morgan fingerprint density at radius 3 is 2.41 bits per heavy atom. The van der Waals surface area contributed by atoms with Gasteiger partial charge in [0.05, 0.1) is 19.8 Å². The lowest BCUT2D eigenvalue weighted by atomic mass is 9.88. The molecule has 2 aliphatic rings. The Balaban J connectivity index is 1.12. The van der Waals surface area contributed by atoms with E-state index in [4.69, 9.17) is 19.2 Å². The zero-order chi connectivity index (χ0) is 30.0. The molecule has 44 heavy (non-hydrogen) atoms. The Hall–Kier alpha value is -3.76. The second kappa shape index (κ2) is 15.3. The number of nitrogens with zero attached hydrogens (tertiary/aromatic N) is 3. The van der Waals surface area contributed by atoms with E-state index in [2.05, 4.69) is 87.9 Å². The zero-order valence-electron chi connectivity index (χ0n) is 25.0. The smallest absolute Gasteiger partial charge is 0.270 e. The summed E-state index contributed by atoms with van der Waals surface area (Å²) in [4.78, 5) is 22.4. The number of carbonyl (C=O) groups excluding carboxylic acids is 1. The van der Waals surface area contributed by atoms with Gasteiger partial charge in [0, 0.05) is 37.5 Å². The fourth-order valence-corrected chi connectivity index (χ4v) is 6.63. The van der Waals surface area contributed by atoms with Crippen LogP contribution in [0.25, 0.3) is 0 Å². The van der Waals surface area contributed by atoms with Gasteiger partial charge < -0.3 is 19.5 Å². The van der Waals surface area contributed by atoms with Gasteiger partial charge in [0.15, 0.2) is 11.5 Å². The first-order valence-electron chi connectivity index (χ1n) is 15.4. The number of morpholine rings is 1. The topological polar surface area (TPSA) is 76.2 Å². The SMILES string of the molecule is O=C(NCCCN1CCOCC1)c1csc(CN(CCC(c2ccccc2)c2ccccc2)Cc2ccc3c(c2)OCO3)n1. The molecule has 4 aromatic rings. The molecule has 9 heteroatoms. The molecule has 1 aromatic heterocycles. The molecule has 0 atom stereocenters. The van der Waals surface area contributed by atoms with Crippen LogP contribution in [-0.2, 0) is 17.8 Å². The number of amides is 1. The van der Waals surface area contributed by atoms with Gasteiger partial charge >= 0.3 is 0 Å². The minimum atomic E-state index is -0.106. The maximum Gasteiger partial charge on any atom is 0.270 e. The second-order valence-corrected chi connectivity index (χ2v) is 12.2. The van der Waals surface area contributed by atoms with Crippen LogP contribution in [0.1, 0.15) is 50.9 Å². The number of rotatable bonds is 14. The van der Waals surface area contributed by atoms with Crippen LogP contribution < -0.4 is 14.8 Å². The van der Waals surface area contributed by atoms with Crippen molar-refractivity contribution in [3.8, 4) is 11.5 Å². The van der Waals surface area contributed by atoms with Gasteiger partial charge in [-0.3, -0.25) is 14.6 Å². The summed E-state index contributed by atoms with van der Waals surface area (Å²) in [6, 6.07) is 27.6. The van der Waals surface area contributed by atoms with Crippen molar-refractivity contribution in [1.82, 2.24) is 20.1 Å². The lowest BCUT2D eigenvalue weighted by Crippen LogP contribution is -2.38. The molecule has 3 aromatic carbocycles. The van der Waals surface area contributed by atoms with Crippen molar-refractivity contribution in [2.75, 3.05) is 52.7 Å². The van der Waals surface area contributed by atoms with Crippen molar-refractivity contribution >= 4 is 17.2 Å². The summed E-state index contributed by atoms with van der Waals surface area (Å²) in [6.45, 7) is 7.61. The number of benzene rings is 3. The van der Waals surface area contributed by atoms with Crippen molar-refractivity contribution in [3.05, 3.63) is 112 Å². The fraction of sp³-hybridized carbons (Fsp3) is 0.371. The van der Waals surface area contributed by atoms with Crippen LogP contribution in [0.5, 0.6) is 11.5 Å². The van der Waals surface area contributed by atoms with Crippen molar-refractivity contribution in [1.29, 1.82) is 0 Å². The number of hydrogen-bond acceptors (Lipinski definition) is 8. The number of hydrogen-bond donors (Lipinski definition) is 1. The van der Waals surface area contributed by atoms with Crippen molar-refractivity contribution in [2.45, 2.75) is 31.8 Å². The molecule has 1 amide bonds. The molecule has 0 saturated carbocycles. The number of carbonyl (C=O) groups is 1. The third kappa shape index (κ3) is 8.24. The molecular formula is C35H40N4O4S. The van der Waals surface area contributed by atoms with Crippen LogP contribution in [0.2, 0.25) is 0 Å². The first-order chi connectivity index (χ1) is 21.7. The van der Waals surface area contributed by atoms with Gasteiger partial charge in [-0.05, 0) is 54.8 Å². The summed E-state index contributed by atoms with van der Waals surface area (Å²) in [6.07, 6.45) is 1.86. The Bertz CT molecular complexity index is 1440. The molecule has 1 saturated heterocycles. The number of ether oxygens (including phenoxy) is 3. The highest BCUT2D eigenvalue weighted by atomic mass is 32.1. The quantitative estimate of drug-likeness (QED) is 0.187. The van der Waals surface area contributed by atoms with E-state index in [0.717, 1.165) is 80.8 Å². The highest BCUT2D eigenvalue weighted by molar-refractivity contribution is 7.09. The monoisotopic (exact) mass is 612 g/mol. The van der Waals surface area contributed by atoms with Crippen molar-refractivity contribution in [3.63, 3.8) is 0 Å². The lowest BCUT2D eigenvalue weighted by Gasteiger charge is -2.26. The molecule has 1 N–H and O–H groups in total. The van der Waals surface area contributed by atoms with E-state index < -0.39 is 0 Å².